The van der Waals surface area contributed by atoms with Gasteiger partial charge in [-0.25, -0.2) is 0 Å². The molecular formula is C12H20O6. The van der Waals surface area contributed by atoms with Gasteiger partial charge in [0.2, 0.25) is 0 Å². The van der Waals surface area contributed by atoms with Gasteiger partial charge in [0.25, 0.3) is 0 Å². The van der Waals surface area contributed by atoms with Crippen LogP contribution in [0.3, 0.4) is 0 Å². The van der Waals surface area contributed by atoms with Crippen LogP contribution in [0.15, 0.2) is 0 Å². The quantitative estimate of drug-likeness (QED) is 0.370. The Hall–Kier alpha value is -1.59. The molecule has 1 unspecified atom stereocenters. The molecule has 0 heterocycles. The van der Waals surface area contributed by atoms with Gasteiger partial charge in [0.15, 0.2) is 5.92 Å². The van der Waals surface area contributed by atoms with E-state index in [4.69, 9.17) is 10.2 Å². The van der Waals surface area contributed by atoms with Crippen LogP contribution in [0.2, 0.25) is 0 Å². The number of rotatable bonds is 9. The minimum atomic E-state index is -1.33. The van der Waals surface area contributed by atoms with Gasteiger partial charge in [-0.2, -0.15) is 0 Å². The second kappa shape index (κ2) is 8.49. The molecule has 0 spiro atoms. The van der Waals surface area contributed by atoms with Crippen LogP contribution in [-0.2, 0) is 19.1 Å². The maximum Gasteiger partial charge on any atom is 0.317 e. The summed E-state index contributed by atoms with van der Waals surface area (Å²) in [6.07, 6.45) is 2.77. The molecule has 6 nitrogen and oxygen atoms in total. The summed E-state index contributed by atoms with van der Waals surface area (Å²) in [5.41, 5.74) is 0. The average molecular weight is 260 g/mol. The van der Waals surface area contributed by atoms with Gasteiger partial charge in [-0.05, 0) is 12.8 Å². The standard InChI is InChI=1S/C12H20O6/c1-8(12(17)18-2)6-4-3-5-7-9(10(13)14)11(15)16/h8-9H,3-7H2,1-2H3,(H,13,14)(H,15,16). The van der Waals surface area contributed by atoms with E-state index in [9.17, 15) is 14.4 Å². The highest BCUT2D eigenvalue weighted by Crippen LogP contribution is 2.15. The molecule has 0 rings (SSSR count). The topological polar surface area (TPSA) is 101 Å². The summed E-state index contributed by atoms with van der Waals surface area (Å²) in [5, 5.41) is 17.3. The smallest absolute Gasteiger partial charge is 0.317 e. The number of carboxylic acids is 2. The van der Waals surface area contributed by atoms with Crippen molar-refractivity contribution >= 4 is 17.9 Å². The lowest BCUT2D eigenvalue weighted by molar-refractivity contribution is -0.154. The zero-order valence-electron chi connectivity index (χ0n) is 10.7. The number of ether oxygens (including phenoxy) is 1. The number of hydrogen-bond acceptors (Lipinski definition) is 4. The van der Waals surface area contributed by atoms with Crippen LogP contribution >= 0.6 is 0 Å². The van der Waals surface area contributed by atoms with Gasteiger partial charge in [0.05, 0.1) is 13.0 Å². The van der Waals surface area contributed by atoms with Crippen molar-refractivity contribution in [2.24, 2.45) is 11.8 Å². The first-order valence-corrected chi connectivity index (χ1v) is 5.93. The van der Waals surface area contributed by atoms with Crippen LogP contribution in [0.5, 0.6) is 0 Å². The largest absolute Gasteiger partial charge is 0.481 e. The minimum absolute atomic E-state index is 0.122. The Morgan fingerprint density at radius 1 is 1.00 bits per heavy atom. The number of carboxylic acid groups (broad SMARTS) is 2. The van der Waals surface area contributed by atoms with Crippen molar-refractivity contribution in [1.29, 1.82) is 0 Å². The molecule has 0 saturated carbocycles. The van der Waals surface area contributed by atoms with E-state index in [1.54, 1.807) is 6.92 Å². The van der Waals surface area contributed by atoms with Gasteiger partial charge < -0.3 is 14.9 Å². The first kappa shape index (κ1) is 16.4. The predicted octanol–water partition coefficient (Wildman–Crippen LogP) is 1.53. The van der Waals surface area contributed by atoms with Crippen LogP contribution in [0.4, 0.5) is 0 Å². The molecule has 0 fully saturated rings. The van der Waals surface area contributed by atoms with Crippen LogP contribution < -0.4 is 0 Å². The molecule has 0 aliphatic heterocycles. The molecule has 0 aliphatic carbocycles. The Labute approximate surface area is 106 Å². The van der Waals surface area contributed by atoms with E-state index in [-0.39, 0.29) is 18.3 Å². The molecule has 6 heteroatoms. The molecule has 104 valence electrons. The highest BCUT2D eigenvalue weighted by atomic mass is 16.5. The molecule has 18 heavy (non-hydrogen) atoms. The highest BCUT2D eigenvalue weighted by Gasteiger charge is 2.24. The van der Waals surface area contributed by atoms with Crippen molar-refractivity contribution in [3.63, 3.8) is 0 Å². The fourth-order valence-corrected chi connectivity index (χ4v) is 1.65. The number of methoxy groups -OCH3 is 1. The molecule has 0 aromatic rings. The summed E-state index contributed by atoms with van der Waals surface area (Å²) in [6, 6.07) is 0. The third kappa shape index (κ3) is 6.22. The zero-order chi connectivity index (χ0) is 14.1. The molecule has 1 atom stereocenters. The summed E-state index contributed by atoms with van der Waals surface area (Å²) in [6.45, 7) is 1.77. The second-order valence-electron chi connectivity index (χ2n) is 4.29. The lowest BCUT2D eigenvalue weighted by Gasteiger charge is -2.09. The minimum Gasteiger partial charge on any atom is -0.481 e. The van der Waals surface area contributed by atoms with Gasteiger partial charge in [0.1, 0.15) is 0 Å². The fraction of sp³-hybridized carbons (Fsp3) is 0.750. The van der Waals surface area contributed by atoms with Gasteiger partial charge in [0, 0.05) is 0 Å². The maximum absolute atomic E-state index is 11.1. The molecular weight excluding hydrogens is 240 g/mol. The molecule has 0 amide bonds. The van der Waals surface area contributed by atoms with Crippen LogP contribution in [0.1, 0.15) is 39.0 Å². The molecule has 0 radical (unpaired) electrons. The number of aliphatic carboxylic acids is 2. The first-order chi connectivity index (χ1) is 8.40. The third-order valence-electron chi connectivity index (χ3n) is 2.83. The van der Waals surface area contributed by atoms with E-state index < -0.39 is 17.9 Å². The monoisotopic (exact) mass is 260 g/mol. The first-order valence-electron chi connectivity index (χ1n) is 5.93. The summed E-state index contributed by atoms with van der Waals surface area (Å²) in [7, 11) is 1.34. The summed E-state index contributed by atoms with van der Waals surface area (Å²) < 4.78 is 4.58. The molecule has 2 N–H and O–H groups in total. The molecule has 0 bridgehead atoms. The van der Waals surface area contributed by atoms with E-state index in [0.717, 1.165) is 6.42 Å². The Bertz CT molecular complexity index is 285. The molecule has 0 aliphatic rings. The second-order valence-corrected chi connectivity index (χ2v) is 4.29. The number of unbranched alkanes of at least 4 members (excludes halogenated alkanes) is 2. The molecule has 0 aromatic heterocycles. The fourth-order valence-electron chi connectivity index (χ4n) is 1.65. The van der Waals surface area contributed by atoms with E-state index in [0.29, 0.717) is 19.3 Å². The predicted molar refractivity (Wildman–Crippen MR) is 63.0 cm³/mol. The van der Waals surface area contributed by atoms with Gasteiger partial charge in [-0.3, -0.25) is 14.4 Å². The van der Waals surface area contributed by atoms with Crippen LogP contribution in [0, 0.1) is 11.8 Å². The van der Waals surface area contributed by atoms with E-state index in [2.05, 4.69) is 4.74 Å². The van der Waals surface area contributed by atoms with Crippen molar-refractivity contribution in [1.82, 2.24) is 0 Å². The van der Waals surface area contributed by atoms with Crippen LogP contribution in [0.25, 0.3) is 0 Å². The van der Waals surface area contributed by atoms with Gasteiger partial charge in [-0.15, -0.1) is 0 Å². The maximum atomic E-state index is 11.1. The lowest BCUT2D eigenvalue weighted by Crippen LogP contribution is -2.23. The molecule has 0 aromatic carbocycles. The average Bonchev–Trinajstić information content (AvgIpc) is 2.31. The van der Waals surface area contributed by atoms with Crippen LogP contribution in [-0.4, -0.2) is 35.2 Å². The van der Waals surface area contributed by atoms with E-state index in [1.165, 1.54) is 7.11 Å². The van der Waals surface area contributed by atoms with Gasteiger partial charge >= 0.3 is 17.9 Å². The number of hydrogen-bond donors (Lipinski definition) is 2. The Morgan fingerprint density at radius 2 is 1.50 bits per heavy atom. The number of carbonyl (C=O) groups is 3. The van der Waals surface area contributed by atoms with Crippen molar-refractivity contribution in [3.8, 4) is 0 Å². The summed E-state index contributed by atoms with van der Waals surface area (Å²) in [4.78, 5) is 32.3. The lowest BCUT2D eigenvalue weighted by atomic mass is 9.98. The third-order valence-corrected chi connectivity index (χ3v) is 2.83. The van der Waals surface area contributed by atoms with Crippen molar-refractivity contribution in [3.05, 3.63) is 0 Å². The highest BCUT2D eigenvalue weighted by molar-refractivity contribution is 5.92. The number of carbonyl (C=O) groups excluding carboxylic acids is 1. The van der Waals surface area contributed by atoms with E-state index in [1.807, 2.05) is 0 Å². The SMILES string of the molecule is COC(=O)C(C)CCCCCC(C(=O)O)C(=O)O. The molecule has 0 saturated heterocycles. The summed E-state index contributed by atoms with van der Waals surface area (Å²) >= 11 is 0. The Balaban J connectivity index is 3.76. The Morgan fingerprint density at radius 3 is 1.94 bits per heavy atom. The summed E-state index contributed by atoms with van der Waals surface area (Å²) in [5.74, 6) is -4.37. The van der Waals surface area contributed by atoms with Crippen molar-refractivity contribution in [2.75, 3.05) is 7.11 Å². The Kier molecular flexibility index (Phi) is 7.74. The van der Waals surface area contributed by atoms with Crippen molar-refractivity contribution in [2.45, 2.75) is 39.0 Å². The van der Waals surface area contributed by atoms with E-state index >= 15 is 0 Å². The number of esters is 1. The van der Waals surface area contributed by atoms with Gasteiger partial charge in [-0.1, -0.05) is 26.2 Å². The zero-order valence-corrected chi connectivity index (χ0v) is 10.7. The van der Waals surface area contributed by atoms with Crippen molar-refractivity contribution < 1.29 is 29.3 Å². The normalized spacial score (nSPS) is 12.2.